The molecule has 0 aliphatic carbocycles. The highest BCUT2D eigenvalue weighted by Crippen LogP contribution is 2.13. The molecule has 1 saturated heterocycles. The highest BCUT2D eigenvalue weighted by molar-refractivity contribution is 4.65. The minimum absolute atomic E-state index is 0.978. The zero-order valence-corrected chi connectivity index (χ0v) is 8.56. The van der Waals surface area contributed by atoms with Crippen LogP contribution in [0.25, 0.3) is 0 Å². The van der Waals surface area contributed by atoms with Crippen molar-refractivity contribution in [3.63, 3.8) is 0 Å². The Labute approximate surface area is 71.8 Å². The number of hydrogen-bond acceptors (Lipinski definition) is 1. The first kappa shape index (κ1) is 11.0. The normalized spacial score (nSPS) is 20.7. The summed E-state index contributed by atoms with van der Waals surface area (Å²) >= 11 is 0. The van der Waals surface area contributed by atoms with Crippen LogP contribution in [0.4, 0.5) is 0 Å². The Morgan fingerprint density at radius 1 is 1.18 bits per heavy atom. The standard InChI is InChI=1S/C7H15N.C3H8/c1-7-3-5-8(2)6-4-7;1-3-2/h7H,3-6H2,1-2H3;3H2,1-2H3. The molecule has 0 unspecified atom stereocenters. The van der Waals surface area contributed by atoms with Crippen molar-refractivity contribution in [3.05, 3.63) is 0 Å². The van der Waals surface area contributed by atoms with Gasteiger partial charge in [0.05, 0.1) is 0 Å². The summed E-state index contributed by atoms with van der Waals surface area (Å²) in [7, 11) is 2.20. The average molecular weight is 157 g/mol. The van der Waals surface area contributed by atoms with E-state index in [4.69, 9.17) is 0 Å². The van der Waals surface area contributed by atoms with Crippen molar-refractivity contribution in [1.29, 1.82) is 0 Å². The van der Waals surface area contributed by atoms with Crippen molar-refractivity contribution in [2.75, 3.05) is 20.1 Å². The summed E-state index contributed by atoms with van der Waals surface area (Å²) in [6, 6.07) is 0. The molecular formula is C10H23N. The van der Waals surface area contributed by atoms with E-state index in [9.17, 15) is 0 Å². The summed E-state index contributed by atoms with van der Waals surface area (Å²) in [5, 5.41) is 0. The molecule has 1 heteroatoms. The molecule has 11 heavy (non-hydrogen) atoms. The summed E-state index contributed by atoms with van der Waals surface area (Å²) in [5.41, 5.74) is 0. The molecule has 0 atom stereocenters. The average Bonchev–Trinajstić information content (AvgIpc) is 1.97. The fourth-order valence-corrected chi connectivity index (χ4v) is 1.14. The highest BCUT2D eigenvalue weighted by Gasteiger charge is 2.10. The summed E-state index contributed by atoms with van der Waals surface area (Å²) in [6.07, 6.45) is 4.05. The van der Waals surface area contributed by atoms with E-state index < -0.39 is 0 Å². The van der Waals surface area contributed by atoms with Crippen LogP contribution >= 0.6 is 0 Å². The maximum atomic E-state index is 2.40. The second kappa shape index (κ2) is 6.66. The van der Waals surface area contributed by atoms with E-state index in [1.165, 1.54) is 32.4 Å². The monoisotopic (exact) mass is 157 g/mol. The number of likely N-dealkylation sites (tertiary alicyclic amines) is 1. The highest BCUT2D eigenvalue weighted by atomic mass is 15.1. The van der Waals surface area contributed by atoms with Crippen LogP contribution in [0, 0.1) is 5.92 Å². The fraction of sp³-hybridized carbons (Fsp3) is 1.00. The lowest BCUT2D eigenvalue weighted by atomic mass is 10.00. The van der Waals surface area contributed by atoms with Crippen molar-refractivity contribution in [1.82, 2.24) is 4.90 Å². The molecule has 1 nitrogen and oxygen atoms in total. The van der Waals surface area contributed by atoms with E-state index >= 15 is 0 Å². The van der Waals surface area contributed by atoms with Crippen LogP contribution in [0.2, 0.25) is 0 Å². The maximum absolute atomic E-state index is 2.40. The first-order valence-corrected chi connectivity index (χ1v) is 4.89. The Morgan fingerprint density at radius 3 is 1.82 bits per heavy atom. The molecule has 0 saturated carbocycles. The Kier molecular flexibility index (Phi) is 6.63. The van der Waals surface area contributed by atoms with Gasteiger partial charge in [-0.05, 0) is 38.9 Å². The van der Waals surface area contributed by atoms with Gasteiger partial charge in [0.2, 0.25) is 0 Å². The van der Waals surface area contributed by atoms with Crippen LogP contribution in [0.5, 0.6) is 0 Å². The van der Waals surface area contributed by atoms with Crippen LogP contribution in [-0.2, 0) is 0 Å². The summed E-state index contributed by atoms with van der Waals surface area (Å²) in [5.74, 6) is 0.978. The molecule has 0 aromatic carbocycles. The van der Waals surface area contributed by atoms with E-state index in [1.54, 1.807) is 0 Å². The smallest absolute Gasteiger partial charge is 0.00192 e. The predicted octanol–water partition coefficient (Wildman–Crippen LogP) is 2.76. The van der Waals surface area contributed by atoms with Gasteiger partial charge in [0, 0.05) is 0 Å². The Bertz CT molecular complexity index is 62.9. The van der Waals surface area contributed by atoms with Gasteiger partial charge in [0.15, 0.2) is 0 Å². The molecular weight excluding hydrogens is 134 g/mol. The van der Waals surface area contributed by atoms with E-state index in [0.29, 0.717) is 0 Å². The molecule has 68 valence electrons. The van der Waals surface area contributed by atoms with E-state index in [0.717, 1.165) is 5.92 Å². The van der Waals surface area contributed by atoms with Gasteiger partial charge in [-0.15, -0.1) is 0 Å². The molecule has 0 aromatic rings. The largest absolute Gasteiger partial charge is 0.306 e. The van der Waals surface area contributed by atoms with E-state index in [2.05, 4.69) is 32.7 Å². The summed E-state index contributed by atoms with van der Waals surface area (Å²) < 4.78 is 0. The van der Waals surface area contributed by atoms with Crippen LogP contribution in [0.1, 0.15) is 40.0 Å². The first-order valence-electron chi connectivity index (χ1n) is 4.89. The quantitative estimate of drug-likeness (QED) is 0.522. The van der Waals surface area contributed by atoms with Gasteiger partial charge in [-0.3, -0.25) is 0 Å². The third kappa shape index (κ3) is 6.36. The van der Waals surface area contributed by atoms with E-state index in [1.807, 2.05) is 0 Å². The molecule has 0 radical (unpaired) electrons. The second-order valence-electron chi connectivity index (χ2n) is 3.69. The topological polar surface area (TPSA) is 3.24 Å². The van der Waals surface area contributed by atoms with Gasteiger partial charge in [0.1, 0.15) is 0 Å². The van der Waals surface area contributed by atoms with Gasteiger partial charge in [-0.25, -0.2) is 0 Å². The number of nitrogens with zero attached hydrogens (tertiary/aromatic N) is 1. The number of hydrogen-bond donors (Lipinski definition) is 0. The molecule has 0 aromatic heterocycles. The molecule has 0 spiro atoms. The molecule has 1 heterocycles. The minimum atomic E-state index is 0.978. The molecule has 1 fully saturated rings. The van der Waals surface area contributed by atoms with E-state index in [-0.39, 0.29) is 0 Å². The lowest BCUT2D eigenvalue weighted by Crippen LogP contribution is -2.28. The third-order valence-corrected chi connectivity index (χ3v) is 2.01. The Hall–Kier alpha value is -0.0400. The van der Waals surface area contributed by atoms with Crippen LogP contribution in [-0.4, -0.2) is 25.0 Å². The van der Waals surface area contributed by atoms with Gasteiger partial charge < -0.3 is 4.90 Å². The fourth-order valence-electron chi connectivity index (χ4n) is 1.14. The van der Waals surface area contributed by atoms with Crippen molar-refractivity contribution in [2.45, 2.75) is 40.0 Å². The second-order valence-corrected chi connectivity index (χ2v) is 3.69. The molecule has 1 aliphatic heterocycles. The molecule has 0 N–H and O–H groups in total. The van der Waals surface area contributed by atoms with Crippen LogP contribution in [0.15, 0.2) is 0 Å². The minimum Gasteiger partial charge on any atom is -0.306 e. The predicted molar refractivity (Wildman–Crippen MR) is 51.9 cm³/mol. The first-order chi connectivity index (χ1) is 5.20. The lowest BCUT2D eigenvalue weighted by Gasteiger charge is -2.26. The lowest BCUT2D eigenvalue weighted by molar-refractivity contribution is 0.230. The van der Waals surface area contributed by atoms with Gasteiger partial charge in [-0.1, -0.05) is 27.2 Å². The zero-order chi connectivity index (χ0) is 8.69. The maximum Gasteiger partial charge on any atom is -0.00192 e. The van der Waals surface area contributed by atoms with Crippen molar-refractivity contribution < 1.29 is 0 Å². The van der Waals surface area contributed by atoms with Crippen molar-refractivity contribution in [2.24, 2.45) is 5.92 Å². The van der Waals surface area contributed by atoms with Crippen molar-refractivity contribution >= 4 is 0 Å². The summed E-state index contributed by atoms with van der Waals surface area (Å²) in [4.78, 5) is 2.40. The van der Waals surface area contributed by atoms with Gasteiger partial charge >= 0.3 is 0 Å². The number of rotatable bonds is 0. The third-order valence-electron chi connectivity index (χ3n) is 2.01. The Balaban J connectivity index is 0.000000292. The van der Waals surface area contributed by atoms with Gasteiger partial charge in [-0.2, -0.15) is 0 Å². The van der Waals surface area contributed by atoms with Crippen molar-refractivity contribution in [3.8, 4) is 0 Å². The SMILES string of the molecule is CC1CCN(C)CC1.CCC. The molecule has 1 rings (SSSR count). The number of piperidine rings is 1. The van der Waals surface area contributed by atoms with Crippen LogP contribution < -0.4 is 0 Å². The zero-order valence-electron chi connectivity index (χ0n) is 8.56. The van der Waals surface area contributed by atoms with Crippen LogP contribution in [0.3, 0.4) is 0 Å². The molecule has 0 bridgehead atoms. The molecule has 1 aliphatic rings. The Morgan fingerprint density at radius 2 is 1.55 bits per heavy atom. The molecule has 0 amide bonds. The van der Waals surface area contributed by atoms with Gasteiger partial charge in [0.25, 0.3) is 0 Å². The summed E-state index contributed by atoms with van der Waals surface area (Å²) in [6.45, 7) is 9.20.